The smallest absolute Gasteiger partial charge is 0.317 e. The van der Waals surface area contributed by atoms with E-state index in [2.05, 4.69) is 15.0 Å². The minimum absolute atomic E-state index is 0.0287. The third kappa shape index (κ3) is 3.92. The van der Waals surface area contributed by atoms with Crippen molar-refractivity contribution >= 4 is 37.3 Å². The molecule has 1 aromatic carbocycles. The summed E-state index contributed by atoms with van der Waals surface area (Å²) >= 11 is 0.901. The first-order chi connectivity index (χ1) is 18.4. The Bertz CT molecular complexity index is 1620. The number of halogens is 3. The van der Waals surface area contributed by atoms with Gasteiger partial charge in [-0.3, -0.25) is 9.88 Å². The molecule has 1 fully saturated rings. The highest BCUT2D eigenvalue weighted by molar-refractivity contribution is 7.23. The number of thiophene rings is 1. The van der Waals surface area contributed by atoms with E-state index in [4.69, 9.17) is 15.2 Å². The Hall–Kier alpha value is -3.57. The van der Waals surface area contributed by atoms with Gasteiger partial charge in [-0.15, -0.1) is 11.3 Å². The van der Waals surface area contributed by atoms with Crippen LogP contribution in [-0.4, -0.2) is 63.5 Å². The van der Waals surface area contributed by atoms with Crippen molar-refractivity contribution in [2.75, 3.05) is 32.0 Å². The zero-order chi connectivity index (χ0) is 26.6. The van der Waals surface area contributed by atoms with Crippen molar-refractivity contribution in [2.24, 2.45) is 0 Å². The molecule has 13 heteroatoms. The number of aromatic nitrogens is 3. The molecule has 38 heavy (non-hydrogen) atoms. The molecule has 196 valence electrons. The average Bonchev–Trinajstić information content (AvgIpc) is 3.61. The standard InChI is InChI=1S/C25H21F3N6O3S/c26-11-3-12(34(7-11)1-2-35)8-37-25-32-5-14-15-9-36-10-16(15)18(20(28)21(14)33-25)22-19-13(4-29)24(30)38-23(19)17(27)6-31-22/h5-6,11-12,35H,1-3,7-10,30H2/t11-,12+/m1/s1. The summed E-state index contributed by atoms with van der Waals surface area (Å²) in [5.41, 5.74) is 7.26. The molecule has 0 bridgehead atoms. The zero-order valence-corrected chi connectivity index (χ0v) is 20.7. The van der Waals surface area contributed by atoms with Crippen LogP contribution in [0.25, 0.3) is 32.2 Å². The maximum Gasteiger partial charge on any atom is 0.317 e. The number of hydrogen-bond donors (Lipinski definition) is 2. The highest BCUT2D eigenvalue weighted by Gasteiger charge is 2.33. The van der Waals surface area contributed by atoms with Gasteiger partial charge in [-0.25, -0.2) is 18.2 Å². The predicted molar refractivity (Wildman–Crippen MR) is 133 cm³/mol. The topological polar surface area (TPSA) is 130 Å². The minimum atomic E-state index is -1.03. The average molecular weight is 543 g/mol. The number of nitriles is 1. The first-order valence-corrected chi connectivity index (χ1v) is 12.7. The third-order valence-corrected chi connectivity index (χ3v) is 8.02. The molecule has 4 aromatic rings. The van der Waals surface area contributed by atoms with Gasteiger partial charge >= 0.3 is 6.01 Å². The first-order valence-electron chi connectivity index (χ1n) is 11.9. The number of pyridine rings is 1. The lowest BCUT2D eigenvalue weighted by Gasteiger charge is -2.22. The number of nitrogens with two attached hydrogens (primary N) is 1. The van der Waals surface area contributed by atoms with Crippen molar-refractivity contribution in [3.8, 4) is 23.3 Å². The number of alkyl halides is 1. The van der Waals surface area contributed by atoms with Gasteiger partial charge in [0.1, 0.15) is 29.4 Å². The summed E-state index contributed by atoms with van der Waals surface area (Å²) in [6.45, 7) is 0.742. The molecule has 0 spiro atoms. The molecule has 0 unspecified atom stereocenters. The number of ether oxygens (including phenoxy) is 2. The number of rotatable bonds is 6. The van der Waals surface area contributed by atoms with Gasteiger partial charge in [0.05, 0.1) is 42.0 Å². The van der Waals surface area contributed by atoms with E-state index < -0.39 is 17.8 Å². The highest BCUT2D eigenvalue weighted by atomic mass is 32.1. The molecule has 2 aliphatic heterocycles. The van der Waals surface area contributed by atoms with Crippen molar-refractivity contribution < 1.29 is 27.8 Å². The molecular formula is C25H21F3N6O3S. The quantitative estimate of drug-likeness (QED) is 0.376. The Morgan fingerprint density at radius 1 is 1.26 bits per heavy atom. The van der Waals surface area contributed by atoms with E-state index in [0.29, 0.717) is 23.1 Å². The second-order valence-electron chi connectivity index (χ2n) is 9.18. The van der Waals surface area contributed by atoms with E-state index in [1.807, 2.05) is 6.07 Å². The van der Waals surface area contributed by atoms with E-state index in [0.717, 1.165) is 17.5 Å². The number of nitrogen functional groups attached to an aromatic ring is 1. The van der Waals surface area contributed by atoms with Crippen molar-refractivity contribution in [2.45, 2.75) is 31.8 Å². The summed E-state index contributed by atoms with van der Waals surface area (Å²) in [5.74, 6) is -1.40. The molecule has 3 N–H and O–H groups in total. The number of nitrogens with zero attached hydrogens (tertiary/aromatic N) is 5. The Kier molecular flexibility index (Phi) is 6.27. The maximum atomic E-state index is 16.3. The van der Waals surface area contributed by atoms with Gasteiger partial charge in [-0.1, -0.05) is 0 Å². The fourth-order valence-corrected chi connectivity index (χ4v) is 6.19. The van der Waals surface area contributed by atoms with Crippen LogP contribution in [0.15, 0.2) is 12.4 Å². The minimum Gasteiger partial charge on any atom is -0.462 e. The third-order valence-electron chi connectivity index (χ3n) is 6.99. The second-order valence-corrected chi connectivity index (χ2v) is 10.2. The van der Waals surface area contributed by atoms with Gasteiger partial charge < -0.3 is 20.3 Å². The lowest BCUT2D eigenvalue weighted by atomic mass is 9.94. The number of likely N-dealkylation sites (tertiary alicyclic amines) is 1. The van der Waals surface area contributed by atoms with Gasteiger partial charge in [0.25, 0.3) is 0 Å². The molecule has 6 rings (SSSR count). The number of aliphatic hydroxyl groups is 1. The molecule has 2 aliphatic rings. The van der Waals surface area contributed by atoms with Crippen LogP contribution < -0.4 is 10.5 Å². The van der Waals surface area contributed by atoms with Crippen molar-refractivity contribution in [1.82, 2.24) is 19.9 Å². The molecule has 2 atom stereocenters. The number of hydrogen-bond acceptors (Lipinski definition) is 10. The molecule has 5 heterocycles. The van der Waals surface area contributed by atoms with Gasteiger partial charge in [0.15, 0.2) is 11.6 Å². The van der Waals surface area contributed by atoms with Crippen LogP contribution in [0.1, 0.15) is 23.1 Å². The fraction of sp³-hybridized carbons (Fsp3) is 0.360. The van der Waals surface area contributed by atoms with Crippen LogP contribution >= 0.6 is 11.3 Å². The summed E-state index contributed by atoms with van der Waals surface area (Å²) in [6, 6.07) is 1.60. The van der Waals surface area contributed by atoms with Crippen molar-refractivity contribution in [3.05, 3.63) is 40.7 Å². The molecule has 0 amide bonds. The molecule has 0 radical (unpaired) electrons. The van der Waals surface area contributed by atoms with E-state index in [1.54, 1.807) is 4.90 Å². The largest absolute Gasteiger partial charge is 0.462 e. The zero-order valence-electron chi connectivity index (χ0n) is 19.9. The molecule has 1 saturated heterocycles. The second kappa shape index (κ2) is 9.63. The SMILES string of the molecule is N#Cc1c(N)sc2c(F)cnc(-c3c4c(c5cnc(OC[C@@H]6C[C@@H](F)CN6CCO)nc5c3F)COC4)c12. The molecule has 0 saturated carbocycles. The number of anilines is 1. The van der Waals surface area contributed by atoms with Crippen molar-refractivity contribution in [1.29, 1.82) is 5.26 Å². The van der Waals surface area contributed by atoms with Gasteiger partial charge in [0, 0.05) is 41.7 Å². The van der Waals surface area contributed by atoms with E-state index in [-0.39, 0.29) is 88.9 Å². The number of aliphatic hydroxyl groups excluding tert-OH is 1. The summed E-state index contributed by atoms with van der Waals surface area (Å²) in [6.07, 6.45) is 1.65. The molecular weight excluding hydrogens is 521 g/mol. The predicted octanol–water partition coefficient (Wildman–Crippen LogP) is 3.45. The van der Waals surface area contributed by atoms with Crippen LogP contribution in [-0.2, 0) is 18.0 Å². The van der Waals surface area contributed by atoms with Gasteiger partial charge in [-0.05, 0) is 17.5 Å². The Morgan fingerprint density at radius 3 is 2.87 bits per heavy atom. The Labute approximate surface area is 218 Å². The molecule has 0 aliphatic carbocycles. The molecule has 3 aromatic heterocycles. The van der Waals surface area contributed by atoms with Crippen LogP contribution in [0.2, 0.25) is 0 Å². The Morgan fingerprint density at radius 2 is 2.08 bits per heavy atom. The Balaban J connectivity index is 1.46. The highest BCUT2D eigenvalue weighted by Crippen LogP contribution is 2.45. The van der Waals surface area contributed by atoms with Crippen molar-refractivity contribution in [3.63, 3.8) is 0 Å². The number of fused-ring (bicyclic) bond motifs is 4. The van der Waals surface area contributed by atoms with Crippen LogP contribution in [0, 0.1) is 23.0 Å². The molecule has 9 nitrogen and oxygen atoms in total. The van der Waals surface area contributed by atoms with Crippen LogP contribution in [0.4, 0.5) is 18.2 Å². The monoisotopic (exact) mass is 542 g/mol. The van der Waals surface area contributed by atoms with E-state index in [1.165, 1.54) is 6.20 Å². The maximum absolute atomic E-state index is 16.3. The van der Waals surface area contributed by atoms with Crippen LogP contribution in [0.5, 0.6) is 6.01 Å². The lowest BCUT2D eigenvalue weighted by molar-refractivity contribution is 0.135. The normalized spacial score (nSPS) is 19.3. The van der Waals surface area contributed by atoms with Crippen LogP contribution in [0.3, 0.4) is 0 Å². The first kappa shape index (κ1) is 24.7. The van der Waals surface area contributed by atoms with E-state index >= 15 is 4.39 Å². The van der Waals surface area contributed by atoms with Gasteiger partial charge in [-0.2, -0.15) is 10.2 Å². The summed E-state index contributed by atoms with van der Waals surface area (Å²) < 4.78 is 56.3. The summed E-state index contributed by atoms with van der Waals surface area (Å²) in [5, 5.41) is 19.6. The number of benzene rings is 1. The number of β-amino-alcohol motifs (C(OH)–C–C–N with tert-alkyl or cyclic N) is 1. The fourth-order valence-electron chi connectivity index (χ4n) is 5.27. The summed E-state index contributed by atoms with van der Waals surface area (Å²) in [7, 11) is 0. The van der Waals surface area contributed by atoms with Gasteiger partial charge in [0.2, 0.25) is 0 Å². The lowest BCUT2D eigenvalue weighted by Crippen LogP contribution is -2.36. The summed E-state index contributed by atoms with van der Waals surface area (Å²) in [4.78, 5) is 14.5. The van der Waals surface area contributed by atoms with E-state index in [9.17, 15) is 19.1 Å².